The normalized spacial score (nSPS) is 17.1. The molecule has 0 heterocycles. The first-order chi connectivity index (χ1) is 16.4. The zero-order valence-corrected chi connectivity index (χ0v) is 19.5. The maximum Gasteiger partial charge on any atom is 0.126 e. The molecule has 3 aromatic rings. The molecule has 3 atom stereocenters. The summed E-state index contributed by atoms with van der Waals surface area (Å²) < 4.78 is 27.6. The summed E-state index contributed by atoms with van der Waals surface area (Å²) in [6.07, 6.45) is 3.65. The van der Waals surface area contributed by atoms with Gasteiger partial charge in [-0.1, -0.05) is 25.1 Å². The van der Waals surface area contributed by atoms with Gasteiger partial charge in [-0.15, -0.1) is 0 Å². The molecule has 0 fully saturated rings. The first-order valence-corrected chi connectivity index (χ1v) is 12.0. The lowest BCUT2D eigenvalue weighted by molar-refractivity contribution is 0.143. The molecule has 180 valence electrons. The Balaban J connectivity index is 1.50. The van der Waals surface area contributed by atoms with Crippen LogP contribution in [0.2, 0.25) is 0 Å². The van der Waals surface area contributed by atoms with E-state index in [1.807, 2.05) is 12.1 Å². The second-order valence-electron chi connectivity index (χ2n) is 9.16. The van der Waals surface area contributed by atoms with Gasteiger partial charge in [-0.3, -0.25) is 0 Å². The van der Waals surface area contributed by atoms with Crippen LogP contribution in [0, 0.1) is 11.6 Å². The molecule has 3 unspecified atom stereocenters. The second-order valence-corrected chi connectivity index (χ2v) is 9.16. The fourth-order valence-corrected chi connectivity index (χ4v) is 4.75. The molecular weight excluding hydrogens is 432 g/mol. The number of aryl methyl sites for hydroxylation is 2. The molecule has 4 nitrogen and oxygen atoms in total. The first-order valence-electron chi connectivity index (χ1n) is 12.0. The standard InChI is InChI=1S/C28H33F2N3O/c1-2-18-6-7-20-4-3-5-26(25(20)14-18)32-17-28(34)27(33-24-10-8-23(31)9-11-24)15-19-12-21(29)16-22(30)13-19/h6-14,16,26-28,32-34H,2-5,15,17,31H2,1H3. The molecular formula is C28H33F2N3O. The SMILES string of the molecule is CCc1ccc2c(c1)C(NCC(O)C(Cc1cc(F)cc(F)c1)Nc1ccc(N)cc1)CCC2. The van der Waals surface area contributed by atoms with Gasteiger partial charge in [0.1, 0.15) is 11.6 Å². The molecule has 34 heavy (non-hydrogen) atoms. The number of nitrogen functional groups attached to an aromatic ring is 1. The van der Waals surface area contributed by atoms with Crippen LogP contribution >= 0.6 is 0 Å². The molecule has 0 saturated carbocycles. The van der Waals surface area contributed by atoms with Crippen molar-refractivity contribution < 1.29 is 13.9 Å². The van der Waals surface area contributed by atoms with Crippen molar-refractivity contribution in [1.82, 2.24) is 5.32 Å². The van der Waals surface area contributed by atoms with Gasteiger partial charge in [0.05, 0.1) is 12.1 Å². The summed E-state index contributed by atoms with van der Waals surface area (Å²) in [6.45, 7) is 2.50. The Kier molecular flexibility index (Phi) is 7.80. The van der Waals surface area contributed by atoms with Crippen LogP contribution in [0.25, 0.3) is 0 Å². The largest absolute Gasteiger partial charge is 0.399 e. The minimum Gasteiger partial charge on any atom is -0.399 e. The highest BCUT2D eigenvalue weighted by Gasteiger charge is 2.25. The Morgan fingerprint density at radius 2 is 1.74 bits per heavy atom. The number of aliphatic hydroxyl groups is 1. The molecule has 0 aliphatic heterocycles. The van der Waals surface area contributed by atoms with E-state index in [9.17, 15) is 13.9 Å². The second kappa shape index (κ2) is 11.0. The predicted octanol–water partition coefficient (Wildman–Crippen LogP) is 5.16. The molecule has 0 amide bonds. The highest BCUT2D eigenvalue weighted by atomic mass is 19.1. The van der Waals surface area contributed by atoms with Crippen molar-refractivity contribution in [2.75, 3.05) is 17.6 Å². The maximum atomic E-state index is 13.8. The van der Waals surface area contributed by atoms with Crippen LogP contribution in [0.3, 0.4) is 0 Å². The average Bonchev–Trinajstić information content (AvgIpc) is 2.82. The number of nitrogens with two attached hydrogens (primary N) is 1. The molecule has 6 heteroatoms. The van der Waals surface area contributed by atoms with E-state index in [4.69, 9.17) is 5.73 Å². The third-order valence-corrected chi connectivity index (χ3v) is 6.61. The van der Waals surface area contributed by atoms with Crippen molar-refractivity contribution in [3.05, 3.63) is 94.6 Å². The highest BCUT2D eigenvalue weighted by molar-refractivity contribution is 5.52. The van der Waals surface area contributed by atoms with Gasteiger partial charge in [0.2, 0.25) is 0 Å². The molecule has 1 aliphatic carbocycles. The Hall–Kier alpha value is -2.96. The van der Waals surface area contributed by atoms with Crippen LogP contribution in [0.5, 0.6) is 0 Å². The van der Waals surface area contributed by atoms with E-state index in [1.165, 1.54) is 28.8 Å². The van der Waals surface area contributed by atoms with E-state index < -0.39 is 23.8 Å². The number of benzene rings is 3. The van der Waals surface area contributed by atoms with Gasteiger partial charge in [0.15, 0.2) is 0 Å². The van der Waals surface area contributed by atoms with Gasteiger partial charge in [-0.25, -0.2) is 8.78 Å². The monoisotopic (exact) mass is 465 g/mol. The number of fused-ring (bicyclic) bond motifs is 1. The molecule has 0 aromatic heterocycles. The lowest BCUT2D eigenvalue weighted by atomic mass is 9.86. The third-order valence-electron chi connectivity index (χ3n) is 6.61. The number of rotatable bonds is 9. The van der Waals surface area contributed by atoms with E-state index in [0.29, 0.717) is 17.8 Å². The zero-order valence-electron chi connectivity index (χ0n) is 19.5. The average molecular weight is 466 g/mol. The van der Waals surface area contributed by atoms with E-state index in [0.717, 1.165) is 37.4 Å². The number of hydrogen-bond donors (Lipinski definition) is 4. The molecule has 4 rings (SSSR count). The minimum atomic E-state index is -0.788. The molecule has 0 radical (unpaired) electrons. The Morgan fingerprint density at radius 3 is 2.44 bits per heavy atom. The van der Waals surface area contributed by atoms with Gasteiger partial charge >= 0.3 is 0 Å². The summed E-state index contributed by atoms with van der Waals surface area (Å²) in [6, 6.07) is 17.1. The van der Waals surface area contributed by atoms with Gasteiger partial charge < -0.3 is 21.5 Å². The summed E-state index contributed by atoms with van der Waals surface area (Å²) in [7, 11) is 0. The number of anilines is 2. The molecule has 5 N–H and O–H groups in total. The van der Waals surface area contributed by atoms with Crippen LogP contribution in [0.15, 0.2) is 60.7 Å². The van der Waals surface area contributed by atoms with Crippen LogP contribution in [0.4, 0.5) is 20.2 Å². The van der Waals surface area contributed by atoms with Crippen molar-refractivity contribution in [3.63, 3.8) is 0 Å². The fraction of sp³-hybridized carbons (Fsp3) is 0.357. The highest BCUT2D eigenvalue weighted by Crippen LogP contribution is 2.31. The van der Waals surface area contributed by atoms with E-state index >= 15 is 0 Å². The van der Waals surface area contributed by atoms with Crippen molar-refractivity contribution in [1.29, 1.82) is 0 Å². The van der Waals surface area contributed by atoms with Crippen molar-refractivity contribution in [2.45, 2.75) is 57.2 Å². The smallest absolute Gasteiger partial charge is 0.126 e. The summed E-state index contributed by atoms with van der Waals surface area (Å²) in [5.41, 5.74) is 11.7. The van der Waals surface area contributed by atoms with Gasteiger partial charge in [-0.05, 0) is 90.8 Å². The Bertz CT molecular complexity index is 1080. The van der Waals surface area contributed by atoms with Gasteiger partial charge in [0.25, 0.3) is 0 Å². The predicted molar refractivity (Wildman–Crippen MR) is 134 cm³/mol. The lowest BCUT2D eigenvalue weighted by Gasteiger charge is -2.31. The fourth-order valence-electron chi connectivity index (χ4n) is 4.75. The third kappa shape index (κ3) is 6.13. The number of hydrogen-bond acceptors (Lipinski definition) is 4. The topological polar surface area (TPSA) is 70.3 Å². The van der Waals surface area contributed by atoms with Crippen LogP contribution in [-0.2, 0) is 19.3 Å². The molecule has 0 spiro atoms. The zero-order chi connectivity index (χ0) is 24.1. The first kappa shape index (κ1) is 24.2. The van der Waals surface area contributed by atoms with Crippen molar-refractivity contribution in [2.24, 2.45) is 0 Å². The molecule has 0 bridgehead atoms. The maximum absolute atomic E-state index is 13.8. The molecule has 3 aromatic carbocycles. The quantitative estimate of drug-likeness (QED) is 0.330. The van der Waals surface area contributed by atoms with Crippen LogP contribution in [0.1, 0.15) is 48.1 Å². The van der Waals surface area contributed by atoms with Crippen LogP contribution in [-0.4, -0.2) is 23.8 Å². The number of nitrogens with one attached hydrogen (secondary N) is 2. The van der Waals surface area contributed by atoms with Crippen molar-refractivity contribution >= 4 is 11.4 Å². The van der Waals surface area contributed by atoms with E-state index in [-0.39, 0.29) is 12.5 Å². The van der Waals surface area contributed by atoms with Crippen LogP contribution < -0.4 is 16.4 Å². The Labute approximate surface area is 200 Å². The van der Waals surface area contributed by atoms with Gasteiger partial charge in [0, 0.05) is 30.0 Å². The number of halogens is 2. The molecule has 0 saturated heterocycles. The molecule has 1 aliphatic rings. The van der Waals surface area contributed by atoms with Crippen molar-refractivity contribution in [3.8, 4) is 0 Å². The van der Waals surface area contributed by atoms with E-state index in [1.54, 1.807) is 12.1 Å². The summed E-state index contributed by atoms with van der Waals surface area (Å²) in [4.78, 5) is 0. The summed E-state index contributed by atoms with van der Waals surface area (Å²) >= 11 is 0. The summed E-state index contributed by atoms with van der Waals surface area (Å²) in [5.74, 6) is -1.25. The minimum absolute atomic E-state index is 0.175. The number of aliphatic hydroxyl groups excluding tert-OH is 1. The Morgan fingerprint density at radius 1 is 1.00 bits per heavy atom. The van der Waals surface area contributed by atoms with E-state index in [2.05, 4.69) is 35.8 Å². The summed E-state index contributed by atoms with van der Waals surface area (Å²) in [5, 5.41) is 18.0. The van der Waals surface area contributed by atoms with Gasteiger partial charge in [-0.2, -0.15) is 0 Å². The lowest BCUT2D eigenvalue weighted by Crippen LogP contribution is -2.43.